The average molecular weight is 1980 g/mol. The lowest BCUT2D eigenvalue weighted by Crippen LogP contribution is -2.69. The van der Waals surface area contributed by atoms with Crippen molar-refractivity contribution in [2.45, 2.75) is 209 Å². The molecule has 4 saturated heterocycles. The number of amides is 1. The number of carbonyl (C=O) groups excluding carboxylic acids is 2. The molecule has 13 aromatic rings. The fourth-order valence-electron chi connectivity index (χ4n) is 18.2. The van der Waals surface area contributed by atoms with Gasteiger partial charge in [-0.25, -0.2) is 4.79 Å². The summed E-state index contributed by atoms with van der Waals surface area (Å²) in [6.45, 7) is 4.77. The Morgan fingerprint density at radius 1 is 0.260 bits per heavy atom. The minimum Gasteiger partial charge on any atom is -0.445 e. The maximum absolute atomic E-state index is 16.5. The van der Waals surface area contributed by atoms with E-state index in [1.54, 1.807) is 11.0 Å². The summed E-state index contributed by atoms with van der Waals surface area (Å²) in [5.74, 6) is -0.617. The van der Waals surface area contributed by atoms with Crippen molar-refractivity contribution < 1.29 is 109 Å². The molecular formula is C122H129NO23. The molecule has 17 rings (SSSR count). The predicted molar refractivity (Wildman–Crippen MR) is 548 cm³/mol. The maximum atomic E-state index is 16.5. The molecule has 0 bridgehead atoms. The number of carbonyl (C=O) groups is 2. The van der Waals surface area contributed by atoms with Gasteiger partial charge in [0, 0.05) is 13.1 Å². The van der Waals surface area contributed by atoms with Crippen LogP contribution in [0.15, 0.2) is 407 Å². The van der Waals surface area contributed by atoms with Crippen LogP contribution in [0.4, 0.5) is 4.79 Å². The zero-order chi connectivity index (χ0) is 99.6. The second kappa shape index (κ2) is 57.2. The van der Waals surface area contributed by atoms with Crippen molar-refractivity contribution in [2.75, 3.05) is 46.2 Å². The normalized spacial score (nSPS) is 23.6. The monoisotopic (exact) mass is 1980 g/mol. The van der Waals surface area contributed by atoms with E-state index in [1.165, 1.54) is 0 Å². The number of nitrogens with zero attached hydrogens (tertiary/aromatic N) is 1. The number of hydrogen-bond donors (Lipinski definition) is 0. The lowest BCUT2D eigenvalue weighted by molar-refractivity contribution is -0.408. The minimum absolute atomic E-state index is 0.00378. The first kappa shape index (κ1) is 105. The first-order valence-corrected chi connectivity index (χ1v) is 50.2. The van der Waals surface area contributed by atoms with E-state index < -0.39 is 129 Å². The van der Waals surface area contributed by atoms with Crippen molar-refractivity contribution in [2.24, 2.45) is 0 Å². The molecule has 4 heterocycles. The summed E-state index contributed by atoms with van der Waals surface area (Å²) in [7, 11) is 0. The first-order valence-electron chi connectivity index (χ1n) is 50.2. The van der Waals surface area contributed by atoms with E-state index in [4.69, 9.17) is 99.5 Å². The SMILES string of the molecule is C=CCO[C@@H]1C(=O)[C@@H](O[C@@H]2[C@H](OCc3ccccc3)[C@@H](O[C@@H]3[C@@H](O[C@@H]4[C@@H](OCCCN(Cc5ccccc5)C(=O)OCc5ccccc5)O[C@H](COCc5ccccc5)[C@@H](OCc5ccccc5)[C@@H]4OCc4ccccc4)O[C@H](COCc4ccccc4)[C@@H](OCc4ccccc4)[C@@H]3OCc3ccccc3)O[C@H](COCc3ccccc3)[C@H]2OCc2ccccc2)O[C@H](COCc2ccccc2)[C@H]1OCc1ccccc1. The van der Waals surface area contributed by atoms with Gasteiger partial charge in [-0.15, -0.1) is 6.58 Å². The van der Waals surface area contributed by atoms with Crippen LogP contribution in [0.2, 0.25) is 0 Å². The lowest BCUT2D eigenvalue weighted by atomic mass is 9.95. The topological polar surface area (TPSA) is 231 Å². The van der Waals surface area contributed by atoms with Crippen molar-refractivity contribution in [3.63, 3.8) is 0 Å². The summed E-state index contributed by atoms with van der Waals surface area (Å²) in [6.07, 6.45) is -23.5. The van der Waals surface area contributed by atoms with Gasteiger partial charge in [-0.05, 0) is 78.7 Å². The van der Waals surface area contributed by atoms with Gasteiger partial charge in [0.1, 0.15) is 92.1 Å². The molecule has 0 unspecified atom stereocenters. The maximum Gasteiger partial charge on any atom is 0.410 e. The van der Waals surface area contributed by atoms with E-state index in [2.05, 4.69) is 6.58 Å². The van der Waals surface area contributed by atoms with Crippen LogP contribution in [0.25, 0.3) is 0 Å². The van der Waals surface area contributed by atoms with E-state index in [9.17, 15) is 4.79 Å². The number of hydrogen-bond acceptors (Lipinski definition) is 23. The summed E-state index contributed by atoms with van der Waals surface area (Å²) in [5.41, 5.74) is 11.0. The molecule has 4 aliphatic rings. The molecule has 146 heavy (non-hydrogen) atoms. The number of Topliss-reactive ketones (excluding diaryl/α,β-unsaturated/α-hetero) is 1. The molecule has 0 N–H and O–H groups in total. The van der Waals surface area contributed by atoms with Crippen LogP contribution in [0, 0.1) is 0 Å². The Labute approximate surface area is 855 Å². The summed E-state index contributed by atoms with van der Waals surface area (Å²) >= 11 is 0. The highest BCUT2D eigenvalue weighted by molar-refractivity contribution is 5.88. The van der Waals surface area contributed by atoms with Gasteiger partial charge in [-0.3, -0.25) is 4.79 Å². The third-order valence-corrected chi connectivity index (χ3v) is 25.6. The number of benzene rings is 13. The van der Waals surface area contributed by atoms with Gasteiger partial charge < -0.3 is 104 Å². The van der Waals surface area contributed by atoms with Crippen LogP contribution in [-0.2, 0) is 190 Å². The molecular weight excluding hydrogens is 1850 g/mol. The first-order chi connectivity index (χ1) is 72.2. The van der Waals surface area contributed by atoms with Gasteiger partial charge in [0.25, 0.3) is 0 Å². The molecule has 0 radical (unpaired) electrons. The summed E-state index contributed by atoms with van der Waals surface area (Å²) in [6, 6.07) is 127. The Morgan fingerprint density at radius 3 is 0.849 bits per heavy atom. The van der Waals surface area contributed by atoms with Gasteiger partial charge >= 0.3 is 6.09 Å². The molecule has 4 fully saturated rings. The Bertz CT molecular complexity index is 5850. The molecule has 1 amide bonds. The Balaban J connectivity index is 0.828. The zero-order valence-electron chi connectivity index (χ0n) is 82.0. The van der Waals surface area contributed by atoms with E-state index in [0.29, 0.717) is 0 Å². The standard InChI is InChI=1S/C122H129NO23/c1-2-70-130-111-106(124)118(140-102(85-126-73-90-45-18-4-19-46-90)107(111)132-77-94-53-26-8-27-54-94)144-114-110(135-80-97-59-32-11-33-60-97)105(88-129-76-93-51-24-7-25-52-93)142-120(115(114)138-83-100-65-38-14-39-66-100)146-117-113(137-82-99-63-36-13-37-64-99)109(134-79-96-57-30-10-31-58-96)104(87-128-75-92-49-22-6-23-50-92)143-121(117)145-116-112(136-81-98-61-34-12-35-62-98)108(133-78-95-55-28-9-29-56-95)103(86-127-74-91-47-20-5-21-48-91)141-119(116)131-71-42-69-123(72-89-43-16-3-17-44-89)122(125)139-84-101-67-40-15-41-68-101/h2-41,43-68,102-105,107-121H,1,42,69-88H2/t102-,103-,104-,105-,107-,108-,109-,110-,111-,112+,113+,114+,115+,116+,117+,118-,119+,120-,121-/m1/s1. The zero-order valence-corrected chi connectivity index (χ0v) is 82.0. The average Bonchev–Trinajstić information content (AvgIpc) is 0.778. The van der Waals surface area contributed by atoms with Gasteiger partial charge in [0.05, 0.1) is 112 Å². The van der Waals surface area contributed by atoms with Crippen molar-refractivity contribution in [3.8, 4) is 0 Å². The van der Waals surface area contributed by atoms with Crippen molar-refractivity contribution >= 4 is 11.9 Å². The van der Waals surface area contributed by atoms with Crippen LogP contribution < -0.4 is 0 Å². The molecule has 0 saturated carbocycles. The molecule has 24 heteroatoms. The third-order valence-electron chi connectivity index (χ3n) is 25.6. The summed E-state index contributed by atoms with van der Waals surface area (Å²) < 4.78 is 155. The van der Waals surface area contributed by atoms with Gasteiger partial charge in [-0.1, -0.05) is 400 Å². The lowest BCUT2D eigenvalue weighted by Gasteiger charge is -2.52. The molecule has 0 spiro atoms. The summed E-state index contributed by atoms with van der Waals surface area (Å²) in [5, 5.41) is 0. The summed E-state index contributed by atoms with van der Waals surface area (Å²) in [4.78, 5) is 32.9. The quantitative estimate of drug-likeness (QED) is 0.0255. The van der Waals surface area contributed by atoms with Crippen LogP contribution in [0.5, 0.6) is 0 Å². The van der Waals surface area contributed by atoms with Crippen molar-refractivity contribution in [3.05, 3.63) is 479 Å². The number of ketones is 1. The van der Waals surface area contributed by atoms with E-state index in [0.717, 1.165) is 72.3 Å². The predicted octanol–water partition coefficient (Wildman–Crippen LogP) is 20.4. The Morgan fingerprint density at radius 2 is 0.521 bits per heavy atom. The van der Waals surface area contributed by atoms with E-state index in [-0.39, 0.29) is 138 Å². The Hall–Kier alpha value is -12.3. The second-order valence-corrected chi connectivity index (χ2v) is 36.4. The fraction of sp³-hybridized carbons (Fsp3) is 0.328. The Kier molecular flexibility index (Phi) is 41.2. The van der Waals surface area contributed by atoms with Crippen molar-refractivity contribution in [1.29, 1.82) is 0 Å². The van der Waals surface area contributed by atoms with Gasteiger partial charge in [0.2, 0.25) is 12.1 Å². The second-order valence-electron chi connectivity index (χ2n) is 36.4. The highest BCUT2D eigenvalue weighted by Gasteiger charge is 2.60. The number of ether oxygens (including phenoxy) is 21. The van der Waals surface area contributed by atoms with E-state index in [1.807, 2.05) is 394 Å². The van der Waals surface area contributed by atoms with E-state index >= 15 is 4.79 Å². The smallest absolute Gasteiger partial charge is 0.410 e. The van der Waals surface area contributed by atoms with Crippen molar-refractivity contribution in [1.82, 2.24) is 4.90 Å². The van der Waals surface area contributed by atoms with Crippen LogP contribution >= 0.6 is 0 Å². The highest BCUT2D eigenvalue weighted by atomic mass is 16.8. The van der Waals surface area contributed by atoms with Crippen LogP contribution in [0.3, 0.4) is 0 Å². The molecule has 13 aromatic carbocycles. The van der Waals surface area contributed by atoms with Crippen LogP contribution in [-0.4, -0.2) is 180 Å². The molecule has 24 nitrogen and oxygen atoms in total. The fourth-order valence-corrected chi connectivity index (χ4v) is 18.2. The van der Waals surface area contributed by atoms with Gasteiger partial charge in [-0.2, -0.15) is 0 Å². The molecule has 0 aromatic heterocycles. The largest absolute Gasteiger partial charge is 0.445 e. The van der Waals surface area contributed by atoms with Gasteiger partial charge in [0.15, 0.2) is 25.0 Å². The minimum atomic E-state index is -1.78. The number of rotatable bonds is 55. The highest BCUT2D eigenvalue weighted by Crippen LogP contribution is 2.42. The third kappa shape index (κ3) is 31.6. The molecule has 19 atom stereocenters. The van der Waals surface area contributed by atoms with Crippen LogP contribution in [0.1, 0.15) is 78.7 Å². The molecule has 760 valence electrons. The molecule has 0 aliphatic carbocycles. The molecule has 4 aliphatic heterocycles.